The average Bonchev–Trinajstić information content (AvgIpc) is 3.22. The standard InChI is InChI=1S/C17H10ClF6N7O/c18-12(6-14(32)29-28-13-7-25-1-2-26-13)31-8-27-15(30-31)9-3-10(16(19,20)21)5-11(4-9)17(22,23)24/h1-8H,(H,26,28)(H,29,32)/b12-6-. The van der Waals surface area contributed by atoms with Crippen LogP contribution in [0.4, 0.5) is 32.2 Å². The first-order chi connectivity index (χ1) is 14.9. The van der Waals surface area contributed by atoms with Gasteiger partial charge in [0.25, 0.3) is 5.91 Å². The number of rotatable bonds is 5. The van der Waals surface area contributed by atoms with Gasteiger partial charge in [-0.2, -0.15) is 26.3 Å². The molecule has 2 heterocycles. The van der Waals surface area contributed by atoms with Crippen molar-refractivity contribution in [2.24, 2.45) is 0 Å². The van der Waals surface area contributed by atoms with E-state index in [4.69, 9.17) is 11.6 Å². The number of halogens is 7. The van der Waals surface area contributed by atoms with Crippen molar-refractivity contribution < 1.29 is 31.1 Å². The summed E-state index contributed by atoms with van der Waals surface area (Å²) in [5.74, 6) is -1.01. The summed E-state index contributed by atoms with van der Waals surface area (Å²) in [6, 6.07) is 0.940. The Kier molecular flexibility index (Phi) is 6.34. The minimum atomic E-state index is -5.02. The van der Waals surface area contributed by atoms with Crippen molar-refractivity contribution in [3.05, 3.63) is 60.3 Å². The highest BCUT2D eigenvalue weighted by Crippen LogP contribution is 2.38. The minimum Gasteiger partial charge on any atom is -0.280 e. The Hall–Kier alpha value is -3.68. The van der Waals surface area contributed by atoms with Crippen LogP contribution in [0.3, 0.4) is 0 Å². The number of anilines is 1. The fourth-order valence-corrected chi connectivity index (χ4v) is 2.46. The first-order valence-electron chi connectivity index (χ1n) is 8.34. The van der Waals surface area contributed by atoms with Gasteiger partial charge in [0.2, 0.25) is 0 Å². The third-order valence-electron chi connectivity index (χ3n) is 3.68. The molecule has 2 aromatic heterocycles. The van der Waals surface area contributed by atoms with E-state index in [1.165, 1.54) is 18.6 Å². The van der Waals surface area contributed by atoms with Crippen LogP contribution in [-0.2, 0) is 17.1 Å². The lowest BCUT2D eigenvalue weighted by atomic mass is 10.0. The van der Waals surface area contributed by atoms with E-state index >= 15 is 0 Å². The molecule has 32 heavy (non-hydrogen) atoms. The summed E-state index contributed by atoms with van der Waals surface area (Å²) in [5.41, 5.74) is 1.09. The summed E-state index contributed by atoms with van der Waals surface area (Å²) in [7, 11) is 0. The number of nitrogens with zero attached hydrogens (tertiary/aromatic N) is 5. The molecule has 3 aromatic rings. The summed E-state index contributed by atoms with van der Waals surface area (Å²) < 4.78 is 78.9. The number of carbonyl (C=O) groups excluding carboxylic acids is 1. The van der Waals surface area contributed by atoms with Gasteiger partial charge in [-0.05, 0) is 18.2 Å². The van der Waals surface area contributed by atoms with Crippen LogP contribution in [0.1, 0.15) is 11.1 Å². The second-order valence-electron chi connectivity index (χ2n) is 5.98. The largest absolute Gasteiger partial charge is 0.416 e. The van der Waals surface area contributed by atoms with Crippen LogP contribution in [-0.4, -0.2) is 30.6 Å². The zero-order valence-corrected chi connectivity index (χ0v) is 16.2. The number of amides is 1. The summed E-state index contributed by atoms with van der Waals surface area (Å²) in [6.07, 6.45) is -4.18. The van der Waals surface area contributed by atoms with E-state index in [-0.39, 0.29) is 17.0 Å². The van der Waals surface area contributed by atoms with Crippen LogP contribution < -0.4 is 10.9 Å². The lowest BCUT2D eigenvalue weighted by Gasteiger charge is -2.13. The number of alkyl halides is 6. The fraction of sp³-hybridized carbons (Fsp3) is 0.118. The quantitative estimate of drug-likeness (QED) is 0.328. The average molecular weight is 478 g/mol. The SMILES string of the molecule is O=C(/C=C(/Cl)n1cnc(-c2cc(C(F)(F)F)cc(C(F)(F)F)c2)n1)NNc1cnccn1. The number of hydrogen-bond acceptors (Lipinski definition) is 6. The van der Waals surface area contributed by atoms with Crippen molar-refractivity contribution in [3.63, 3.8) is 0 Å². The van der Waals surface area contributed by atoms with E-state index in [1.54, 1.807) is 0 Å². The van der Waals surface area contributed by atoms with E-state index in [0.29, 0.717) is 12.1 Å². The highest BCUT2D eigenvalue weighted by atomic mass is 35.5. The molecule has 0 saturated carbocycles. The minimum absolute atomic E-state index is 0.0121. The normalized spacial score (nSPS) is 12.5. The number of hydrogen-bond donors (Lipinski definition) is 2. The molecule has 0 aliphatic carbocycles. The van der Waals surface area contributed by atoms with Gasteiger partial charge in [0.1, 0.15) is 11.5 Å². The second kappa shape index (κ2) is 8.82. The molecule has 0 atom stereocenters. The van der Waals surface area contributed by atoms with Crippen LogP contribution in [0.5, 0.6) is 0 Å². The molecule has 0 saturated heterocycles. The predicted octanol–water partition coefficient (Wildman–Crippen LogP) is 3.95. The van der Waals surface area contributed by atoms with Gasteiger partial charge in [0.05, 0.1) is 17.3 Å². The van der Waals surface area contributed by atoms with Gasteiger partial charge in [0, 0.05) is 24.0 Å². The third kappa shape index (κ3) is 5.72. The van der Waals surface area contributed by atoms with Crippen molar-refractivity contribution in [2.45, 2.75) is 12.4 Å². The predicted molar refractivity (Wildman–Crippen MR) is 99.4 cm³/mol. The van der Waals surface area contributed by atoms with Crippen molar-refractivity contribution in [1.29, 1.82) is 0 Å². The fourth-order valence-electron chi connectivity index (χ4n) is 2.28. The lowest BCUT2D eigenvalue weighted by Crippen LogP contribution is -2.28. The van der Waals surface area contributed by atoms with Crippen molar-refractivity contribution in [3.8, 4) is 11.4 Å². The summed E-state index contributed by atoms with van der Waals surface area (Å²) in [5, 5.41) is 3.40. The van der Waals surface area contributed by atoms with E-state index in [2.05, 4.69) is 30.9 Å². The van der Waals surface area contributed by atoms with Crippen LogP contribution in [0.15, 0.2) is 49.2 Å². The molecule has 0 unspecified atom stereocenters. The number of nitrogens with one attached hydrogen (secondary N) is 2. The van der Waals surface area contributed by atoms with Gasteiger partial charge < -0.3 is 0 Å². The molecular weight excluding hydrogens is 468 g/mol. The number of aromatic nitrogens is 5. The summed E-state index contributed by atoms with van der Waals surface area (Å²) >= 11 is 5.94. The molecule has 0 aliphatic heterocycles. The number of carbonyl (C=O) groups is 1. The van der Waals surface area contributed by atoms with Gasteiger partial charge >= 0.3 is 12.4 Å². The Bertz CT molecular complexity index is 1110. The van der Waals surface area contributed by atoms with Crippen LogP contribution in [0.25, 0.3) is 16.5 Å². The van der Waals surface area contributed by atoms with Gasteiger partial charge in [-0.25, -0.2) is 14.6 Å². The molecule has 1 aromatic carbocycles. The molecule has 0 spiro atoms. The smallest absolute Gasteiger partial charge is 0.280 e. The zero-order valence-electron chi connectivity index (χ0n) is 15.4. The van der Waals surface area contributed by atoms with Crippen LogP contribution in [0, 0.1) is 0 Å². The highest BCUT2D eigenvalue weighted by molar-refractivity contribution is 6.46. The maximum Gasteiger partial charge on any atom is 0.416 e. The monoisotopic (exact) mass is 477 g/mol. The van der Waals surface area contributed by atoms with Crippen molar-refractivity contribution in [2.75, 3.05) is 5.43 Å². The zero-order chi connectivity index (χ0) is 23.5. The molecule has 3 rings (SSSR count). The Morgan fingerprint density at radius 3 is 2.22 bits per heavy atom. The first kappa shape index (κ1) is 23.0. The molecular formula is C17H10ClF6N7O. The van der Waals surface area contributed by atoms with Crippen molar-refractivity contribution in [1.82, 2.24) is 30.2 Å². The van der Waals surface area contributed by atoms with Gasteiger partial charge in [-0.3, -0.25) is 20.6 Å². The first-order valence-corrected chi connectivity index (χ1v) is 8.72. The number of benzene rings is 1. The highest BCUT2D eigenvalue weighted by Gasteiger charge is 2.37. The topological polar surface area (TPSA) is 97.6 Å². The maximum atomic E-state index is 13.0. The Balaban J connectivity index is 1.83. The Morgan fingerprint density at radius 1 is 1.00 bits per heavy atom. The van der Waals surface area contributed by atoms with E-state index < -0.39 is 40.8 Å². The van der Waals surface area contributed by atoms with Crippen LogP contribution >= 0.6 is 11.6 Å². The van der Waals surface area contributed by atoms with Gasteiger partial charge in [-0.1, -0.05) is 11.6 Å². The van der Waals surface area contributed by atoms with E-state index in [9.17, 15) is 31.1 Å². The van der Waals surface area contributed by atoms with E-state index in [0.717, 1.165) is 17.1 Å². The molecule has 0 bridgehead atoms. The second-order valence-corrected chi connectivity index (χ2v) is 6.37. The molecule has 2 N–H and O–H groups in total. The molecule has 0 aliphatic rings. The third-order valence-corrected chi connectivity index (χ3v) is 3.97. The maximum absolute atomic E-state index is 13.0. The summed E-state index contributed by atoms with van der Waals surface area (Å²) in [4.78, 5) is 23.2. The number of hydrazine groups is 1. The molecule has 8 nitrogen and oxygen atoms in total. The molecule has 0 radical (unpaired) electrons. The molecule has 168 valence electrons. The van der Waals surface area contributed by atoms with Crippen molar-refractivity contribution >= 4 is 28.5 Å². The van der Waals surface area contributed by atoms with E-state index in [1.807, 2.05) is 0 Å². The molecule has 1 amide bonds. The van der Waals surface area contributed by atoms with Gasteiger partial charge in [0.15, 0.2) is 11.6 Å². The Morgan fingerprint density at radius 2 is 1.66 bits per heavy atom. The lowest BCUT2D eigenvalue weighted by molar-refractivity contribution is -0.143. The summed E-state index contributed by atoms with van der Waals surface area (Å²) in [6.45, 7) is 0. The molecule has 15 heteroatoms. The Labute approximate surface area is 179 Å². The van der Waals surface area contributed by atoms with Gasteiger partial charge in [-0.15, -0.1) is 5.10 Å². The van der Waals surface area contributed by atoms with Crippen LogP contribution in [0.2, 0.25) is 0 Å². The molecule has 0 fully saturated rings.